The predicted molar refractivity (Wildman–Crippen MR) is 136 cm³/mol. The Bertz CT molecular complexity index is 1520. The van der Waals surface area contributed by atoms with Gasteiger partial charge in [0.05, 0.1) is 28.5 Å². The SMILES string of the molecule is O=C(CSc1nc2ccccc2c(=O)n1-c1cccnc1)Nc1ccccc1-c1ccccc1. The predicted octanol–water partition coefficient (Wildman–Crippen LogP) is 5.18. The second-order valence-electron chi connectivity index (χ2n) is 7.51. The molecular formula is C27H20N4O2S. The summed E-state index contributed by atoms with van der Waals surface area (Å²) < 4.78 is 1.51. The van der Waals surface area contributed by atoms with Crippen molar-refractivity contribution in [3.8, 4) is 16.8 Å². The maximum Gasteiger partial charge on any atom is 0.266 e. The number of amides is 1. The molecule has 5 rings (SSSR count). The van der Waals surface area contributed by atoms with Gasteiger partial charge < -0.3 is 5.32 Å². The van der Waals surface area contributed by atoms with Crippen LogP contribution in [0.1, 0.15) is 0 Å². The zero-order valence-corrected chi connectivity index (χ0v) is 18.9. The summed E-state index contributed by atoms with van der Waals surface area (Å²) in [6.45, 7) is 0. The number of fused-ring (bicyclic) bond motifs is 1. The molecule has 0 unspecified atom stereocenters. The second-order valence-corrected chi connectivity index (χ2v) is 8.45. The Labute approximate surface area is 200 Å². The fourth-order valence-electron chi connectivity index (χ4n) is 3.70. The maximum absolute atomic E-state index is 13.3. The van der Waals surface area contributed by atoms with Crippen molar-refractivity contribution in [2.24, 2.45) is 0 Å². The molecular weight excluding hydrogens is 444 g/mol. The number of carbonyl (C=O) groups is 1. The molecule has 0 aliphatic carbocycles. The van der Waals surface area contributed by atoms with Gasteiger partial charge >= 0.3 is 0 Å². The van der Waals surface area contributed by atoms with Gasteiger partial charge in [-0.05, 0) is 35.9 Å². The molecule has 2 heterocycles. The lowest BCUT2D eigenvalue weighted by atomic mass is 10.0. The van der Waals surface area contributed by atoms with Crippen LogP contribution in [0.2, 0.25) is 0 Å². The summed E-state index contributed by atoms with van der Waals surface area (Å²) in [5.41, 5.74) is 3.68. The third kappa shape index (κ3) is 4.46. The van der Waals surface area contributed by atoms with Gasteiger partial charge in [0.15, 0.2) is 5.16 Å². The Morgan fingerprint density at radius 1 is 0.882 bits per heavy atom. The summed E-state index contributed by atoms with van der Waals surface area (Å²) >= 11 is 1.21. The van der Waals surface area contributed by atoms with Crippen LogP contribution in [-0.4, -0.2) is 26.2 Å². The first kappa shape index (κ1) is 21.6. The van der Waals surface area contributed by atoms with E-state index in [-0.39, 0.29) is 17.2 Å². The van der Waals surface area contributed by atoms with Crippen molar-refractivity contribution in [3.05, 3.63) is 114 Å². The highest BCUT2D eigenvalue weighted by atomic mass is 32.2. The number of hydrogen-bond acceptors (Lipinski definition) is 5. The van der Waals surface area contributed by atoms with Crippen molar-refractivity contribution in [1.29, 1.82) is 0 Å². The fourth-order valence-corrected chi connectivity index (χ4v) is 4.51. The molecule has 0 bridgehead atoms. The van der Waals surface area contributed by atoms with Crippen LogP contribution in [0, 0.1) is 0 Å². The third-order valence-corrected chi connectivity index (χ3v) is 6.21. The molecule has 166 valence electrons. The van der Waals surface area contributed by atoms with Crippen molar-refractivity contribution >= 4 is 34.3 Å². The number of aromatic nitrogens is 3. The minimum atomic E-state index is -0.198. The normalized spacial score (nSPS) is 10.8. The van der Waals surface area contributed by atoms with Gasteiger partial charge in [-0.25, -0.2) is 4.98 Å². The average molecular weight is 465 g/mol. The summed E-state index contributed by atoms with van der Waals surface area (Å²) in [6, 6.07) is 28.3. The van der Waals surface area contributed by atoms with Crippen LogP contribution in [0.4, 0.5) is 5.69 Å². The van der Waals surface area contributed by atoms with Gasteiger partial charge in [-0.1, -0.05) is 72.4 Å². The molecule has 34 heavy (non-hydrogen) atoms. The number of anilines is 1. The van der Waals surface area contributed by atoms with Crippen molar-refractivity contribution in [1.82, 2.24) is 14.5 Å². The van der Waals surface area contributed by atoms with E-state index in [9.17, 15) is 9.59 Å². The molecule has 0 saturated carbocycles. The van der Waals surface area contributed by atoms with Crippen LogP contribution < -0.4 is 10.9 Å². The summed E-state index contributed by atoms with van der Waals surface area (Å²) in [4.78, 5) is 35.0. The third-order valence-electron chi connectivity index (χ3n) is 5.27. The van der Waals surface area contributed by atoms with E-state index >= 15 is 0 Å². The summed E-state index contributed by atoms with van der Waals surface area (Å²) in [6.07, 6.45) is 3.26. The van der Waals surface area contributed by atoms with E-state index in [0.29, 0.717) is 21.7 Å². The summed E-state index contributed by atoms with van der Waals surface area (Å²) in [7, 11) is 0. The zero-order valence-electron chi connectivity index (χ0n) is 18.1. The highest BCUT2D eigenvalue weighted by Gasteiger charge is 2.15. The number of benzene rings is 3. The first-order valence-corrected chi connectivity index (χ1v) is 11.7. The van der Waals surface area contributed by atoms with Crippen molar-refractivity contribution in [2.45, 2.75) is 5.16 Å². The zero-order chi connectivity index (χ0) is 23.3. The monoisotopic (exact) mass is 464 g/mol. The molecule has 0 aliphatic heterocycles. The van der Waals surface area contributed by atoms with Gasteiger partial charge in [-0.3, -0.25) is 19.1 Å². The molecule has 0 spiro atoms. The number of nitrogens with zero attached hydrogens (tertiary/aromatic N) is 3. The first-order valence-electron chi connectivity index (χ1n) is 10.7. The molecule has 5 aromatic rings. The summed E-state index contributed by atoms with van der Waals surface area (Å²) in [5, 5.41) is 3.95. The van der Waals surface area contributed by atoms with Gasteiger partial charge in [0.25, 0.3) is 5.56 Å². The summed E-state index contributed by atoms with van der Waals surface area (Å²) in [5.74, 6) is -0.0951. The van der Waals surface area contributed by atoms with Crippen LogP contribution in [-0.2, 0) is 4.79 Å². The lowest BCUT2D eigenvalue weighted by Crippen LogP contribution is -2.23. The minimum absolute atomic E-state index is 0.0914. The number of para-hydroxylation sites is 2. The molecule has 3 aromatic carbocycles. The number of rotatable bonds is 6. The quantitative estimate of drug-likeness (QED) is 0.277. The van der Waals surface area contributed by atoms with Crippen molar-refractivity contribution in [2.75, 3.05) is 11.1 Å². The van der Waals surface area contributed by atoms with E-state index in [0.717, 1.165) is 16.8 Å². The largest absolute Gasteiger partial charge is 0.325 e. The Morgan fingerprint density at radius 3 is 2.47 bits per heavy atom. The molecule has 0 saturated heterocycles. The van der Waals surface area contributed by atoms with E-state index in [1.54, 1.807) is 36.7 Å². The van der Waals surface area contributed by atoms with Crippen LogP contribution in [0.3, 0.4) is 0 Å². The smallest absolute Gasteiger partial charge is 0.266 e. The van der Waals surface area contributed by atoms with Gasteiger partial charge in [0.2, 0.25) is 5.91 Å². The second kappa shape index (κ2) is 9.72. The number of carbonyl (C=O) groups excluding carboxylic acids is 1. The molecule has 1 N–H and O–H groups in total. The topological polar surface area (TPSA) is 76.9 Å². The number of thioether (sulfide) groups is 1. The van der Waals surface area contributed by atoms with Gasteiger partial charge in [0, 0.05) is 17.4 Å². The molecule has 7 heteroatoms. The highest BCUT2D eigenvalue weighted by molar-refractivity contribution is 7.99. The lowest BCUT2D eigenvalue weighted by molar-refractivity contribution is -0.113. The fraction of sp³-hybridized carbons (Fsp3) is 0.0370. The van der Waals surface area contributed by atoms with Gasteiger partial charge in [0.1, 0.15) is 0 Å². The highest BCUT2D eigenvalue weighted by Crippen LogP contribution is 2.28. The van der Waals surface area contributed by atoms with E-state index in [2.05, 4.69) is 15.3 Å². The minimum Gasteiger partial charge on any atom is -0.325 e. The lowest BCUT2D eigenvalue weighted by Gasteiger charge is -2.14. The van der Waals surface area contributed by atoms with Crippen LogP contribution in [0.25, 0.3) is 27.7 Å². The molecule has 0 radical (unpaired) electrons. The number of nitrogens with one attached hydrogen (secondary N) is 1. The molecule has 2 aromatic heterocycles. The van der Waals surface area contributed by atoms with Crippen molar-refractivity contribution in [3.63, 3.8) is 0 Å². The van der Waals surface area contributed by atoms with E-state index in [1.165, 1.54) is 16.3 Å². The molecule has 0 fully saturated rings. The van der Waals surface area contributed by atoms with E-state index in [1.807, 2.05) is 66.7 Å². The number of hydrogen-bond donors (Lipinski definition) is 1. The van der Waals surface area contributed by atoms with Crippen molar-refractivity contribution < 1.29 is 4.79 Å². The average Bonchev–Trinajstić information content (AvgIpc) is 2.89. The molecule has 0 atom stereocenters. The Morgan fingerprint density at radius 2 is 1.65 bits per heavy atom. The Kier molecular flexibility index (Phi) is 6.18. The molecule has 1 amide bonds. The van der Waals surface area contributed by atoms with Gasteiger partial charge in [-0.2, -0.15) is 0 Å². The Balaban J connectivity index is 1.43. The van der Waals surface area contributed by atoms with Gasteiger partial charge in [-0.15, -0.1) is 0 Å². The number of pyridine rings is 1. The standard InChI is InChI=1S/C27H20N4O2S/c32-25(29-23-14-6-4-12-21(23)19-9-2-1-3-10-19)18-34-27-30-24-15-7-5-13-22(24)26(33)31(27)20-11-8-16-28-17-20/h1-17H,18H2,(H,29,32). The maximum atomic E-state index is 13.3. The van der Waals surface area contributed by atoms with E-state index in [4.69, 9.17) is 0 Å². The van der Waals surface area contributed by atoms with Crippen LogP contribution in [0.5, 0.6) is 0 Å². The van der Waals surface area contributed by atoms with Crippen LogP contribution in [0.15, 0.2) is 113 Å². The molecule has 0 aliphatic rings. The Hall–Kier alpha value is -4.23. The van der Waals surface area contributed by atoms with Crippen LogP contribution >= 0.6 is 11.8 Å². The first-order chi connectivity index (χ1) is 16.7. The molecule has 6 nitrogen and oxygen atoms in total. The van der Waals surface area contributed by atoms with E-state index < -0.39 is 0 Å².